The fourth-order valence-corrected chi connectivity index (χ4v) is 5.48. The van der Waals surface area contributed by atoms with E-state index in [-0.39, 0.29) is 0 Å². The summed E-state index contributed by atoms with van der Waals surface area (Å²) >= 11 is 1.69. The molecule has 0 atom stereocenters. The van der Waals surface area contributed by atoms with Gasteiger partial charge in [0.15, 0.2) is 0 Å². The zero-order valence-corrected chi connectivity index (χ0v) is 21.2. The number of rotatable bonds is 7. The third-order valence-electron chi connectivity index (χ3n) is 6.60. The molecule has 184 valence electrons. The van der Waals surface area contributed by atoms with Crippen molar-refractivity contribution in [3.63, 3.8) is 0 Å². The van der Waals surface area contributed by atoms with E-state index in [9.17, 15) is 0 Å². The minimum atomic E-state index is 0.727. The Bertz CT molecular complexity index is 1850. The molecule has 0 aliphatic heterocycles. The van der Waals surface area contributed by atoms with Gasteiger partial charge >= 0.3 is 0 Å². The molecule has 0 saturated carbocycles. The molecule has 3 N–H and O–H groups in total. The van der Waals surface area contributed by atoms with Gasteiger partial charge in [-0.3, -0.25) is 20.1 Å². The van der Waals surface area contributed by atoms with Crippen molar-refractivity contribution in [2.45, 2.75) is 13.1 Å². The number of fused-ring (bicyclic) bond motifs is 2. The monoisotopic (exact) mass is 513 g/mol. The van der Waals surface area contributed by atoms with Crippen LogP contribution in [0.4, 0.5) is 0 Å². The van der Waals surface area contributed by atoms with E-state index in [0.29, 0.717) is 0 Å². The lowest BCUT2D eigenvalue weighted by Crippen LogP contribution is -2.12. The number of pyridine rings is 3. The Kier molecular flexibility index (Phi) is 5.73. The number of H-pyrrole nitrogens is 2. The zero-order chi connectivity index (χ0) is 25.3. The van der Waals surface area contributed by atoms with Crippen LogP contribution in [0.1, 0.15) is 11.1 Å². The predicted molar refractivity (Wildman–Crippen MR) is 153 cm³/mol. The first-order valence-electron chi connectivity index (χ1n) is 12.4. The first kappa shape index (κ1) is 22.5. The molecule has 7 nitrogen and oxygen atoms in total. The lowest BCUT2D eigenvalue weighted by molar-refractivity contribution is 0.691. The van der Waals surface area contributed by atoms with Gasteiger partial charge in [0, 0.05) is 53.5 Å². The predicted octanol–water partition coefficient (Wildman–Crippen LogP) is 6.58. The van der Waals surface area contributed by atoms with Crippen molar-refractivity contribution in [1.29, 1.82) is 0 Å². The van der Waals surface area contributed by atoms with E-state index in [4.69, 9.17) is 4.98 Å². The molecular formula is C30H23N7S. The summed E-state index contributed by atoms with van der Waals surface area (Å²) in [5.41, 5.74) is 8.87. The van der Waals surface area contributed by atoms with Crippen LogP contribution in [0.2, 0.25) is 0 Å². The molecule has 38 heavy (non-hydrogen) atoms. The first-order chi connectivity index (χ1) is 18.8. The van der Waals surface area contributed by atoms with Crippen LogP contribution in [0.3, 0.4) is 0 Å². The van der Waals surface area contributed by atoms with Crippen LogP contribution in [0.25, 0.3) is 55.0 Å². The van der Waals surface area contributed by atoms with Crippen LogP contribution in [0.15, 0.2) is 96.9 Å². The second kappa shape index (κ2) is 9.66. The van der Waals surface area contributed by atoms with Gasteiger partial charge in [0.05, 0.1) is 33.7 Å². The Morgan fingerprint density at radius 2 is 1.66 bits per heavy atom. The van der Waals surface area contributed by atoms with Gasteiger partial charge in [-0.15, -0.1) is 11.3 Å². The SMILES string of the molecule is c1ccc(CNCc2cncc(-c3cc4c(-c5cc6c(-c7cccs7)nccc6[nH]5)n[nH]c4cn3)c2)cc1. The molecule has 0 spiro atoms. The molecule has 8 heteroatoms. The molecule has 0 bridgehead atoms. The second-order valence-corrected chi connectivity index (χ2v) is 10.1. The van der Waals surface area contributed by atoms with Gasteiger partial charge in [-0.1, -0.05) is 36.4 Å². The number of benzene rings is 1. The summed E-state index contributed by atoms with van der Waals surface area (Å²) < 4.78 is 0. The van der Waals surface area contributed by atoms with Crippen molar-refractivity contribution >= 4 is 33.1 Å². The minimum absolute atomic E-state index is 0.727. The molecule has 6 aromatic heterocycles. The van der Waals surface area contributed by atoms with E-state index >= 15 is 0 Å². The molecule has 0 saturated heterocycles. The highest BCUT2D eigenvalue weighted by atomic mass is 32.1. The van der Waals surface area contributed by atoms with Crippen molar-refractivity contribution < 1.29 is 0 Å². The van der Waals surface area contributed by atoms with Gasteiger partial charge in [0.1, 0.15) is 5.69 Å². The molecule has 0 radical (unpaired) electrons. The quantitative estimate of drug-likeness (QED) is 0.224. The summed E-state index contributed by atoms with van der Waals surface area (Å²) in [6.07, 6.45) is 7.43. The van der Waals surface area contributed by atoms with Gasteiger partial charge in [-0.05, 0) is 46.8 Å². The fraction of sp³-hybridized carbons (Fsp3) is 0.0667. The molecule has 0 unspecified atom stereocenters. The number of nitrogens with one attached hydrogen (secondary N) is 3. The number of hydrogen-bond acceptors (Lipinski definition) is 6. The van der Waals surface area contributed by atoms with Gasteiger partial charge in [0.2, 0.25) is 0 Å². The minimum Gasteiger partial charge on any atom is -0.353 e. The summed E-state index contributed by atoms with van der Waals surface area (Å²) in [4.78, 5) is 18.5. The Balaban J connectivity index is 1.20. The number of thiophene rings is 1. The number of hydrogen-bond donors (Lipinski definition) is 3. The number of nitrogens with zero attached hydrogens (tertiary/aromatic N) is 4. The Morgan fingerprint density at radius 1 is 0.763 bits per heavy atom. The lowest BCUT2D eigenvalue weighted by Gasteiger charge is -2.07. The Labute approximate surface area is 222 Å². The Morgan fingerprint density at radius 3 is 2.55 bits per heavy atom. The van der Waals surface area contributed by atoms with Crippen LogP contribution in [-0.2, 0) is 13.1 Å². The first-order valence-corrected chi connectivity index (χ1v) is 13.2. The standard InChI is InChI=1S/C30H23N7S/c1-2-5-19(6-3-1)14-31-15-20-11-21(17-32-16-20)25-12-23-27(18-34-25)36-37-29(23)26-13-22-24(35-26)8-9-33-30(22)28-7-4-10-38-28/h1-13,16-18,31,35H,14-15H2,(H,36,37). The van der Waals surface area contributed by atoms with Gasteiger partial charge in [0.25, 0.3) is 0 Å². The van der Waals surface area contributed by atoms with Crippen molar-refractivity contribution in [3.8, 4) is 33.2 Å². The van der Waals surface area contributed by atoms with Gasteiger partial charge in [-0.2, -0.15) is 5.10 Å². The third kappa shape index (κ3) is 4.26. The van der Waals surface area contributed by atoms with Crippen molar-refractivity contribution in [1.82, 2.24) is 35.5 Å². The third-order valence-corrected chi connectivity index (χ3v) is 7.47. The van der Waals surface area contributed by atoms with E-state index in [1.54, 1.807) is 11.3 Å². The smallest absolute Gasteiger partial charge is 0.116 e. The largest absolute Gasteiger partial charge is 0.353 e. The average molecular weight is 514 g/mol. The van der Waals surface area contributed by atoms with Crippen LogP contribution in [0.5, 0.6) is 0 Å². The molecular weight excluding hydrogens is 490 g/mol. The molecule has 6 heterocycles. The maximum Gasteiger partial charge on any atom is 0.116 e. The summed E-state index contributed by atoms with van der Waals surface area (Å²) in [6, 6.07) is 22.9. The topological polar surface area (TPSA) is 95.2 Å². The van der Waals surface area contributed by atoms with E-state index < -0.39 is 0 Å². The molecule has 7 aromatic rings. The summed E-state index contributed by atoms with van der Waals surface area (Å²) in [5, 5.41) is 15.4. The number of aromatic amines is 2. The van der Waals surface area contributed by atoms with Gasteiger partial charge in [-0.25, -0.2) is 0 Å². The summed E-state index contributed by atoms with van der Waals surface area (Å²) in [5.74, 6) is 0. The second-order valence-electron chi connectivity index (χ2n) is 9.14. The lowest BCUT2D eigenvalue weighted by atomic mass is 10.1. The van der Waals surface area contributed by atoms with E-state index in [1.165, 1.54) is 5.56 Å². The van der Waals surface area contributed by atoms with Crippen LogP contribution in [0, 0.1) is 0 Å². The van der Waals surface area contributed by atoms with Crippen molar-refractivity contribution in [2.24, 2.45) is 0 Å². The molecule has 0 fully saturated rings. The normalized spacial score (nSPS) is 11.5. The molecule has 0 aliphatic rings. The van der Waals surface area contributed by atoms with Crippen LogP contribution >= 0.6 is 11.3 Å². The highest BCUT2D eigenvalue weighted by molar-refractivity contribution is 7.13. The Hall–Kier alpha value is -4.66. The molecule has 7 rings (SSSR count). The zero-order valence-electron chi connectivity index (χ0n) is 20.3. The number of aromatic nitrogens is 6. The van der Waals surface area contributed by atoms with Crippen molar-refractivity contribution in [3.05, 3.63) is 108 Å². The maximum absolute atomic E-state index is 4.69. The van der Waals surface area contributed by atoms with E-state index in [2.05, 4.69) is 84.4 Å². The average Bonchev–Trinajstić information content (AvgIpc) is 3.73. The fourth-order valence-electron chi connectivity index (χ4n) is 4.74. The molecule has 0 amide bonds. The molecule has 1 aromatic carbocycles. The summed E-state index contributed by atoms with van der Waals surface area (Å²) in [6.45, 7) is 1.53. The van der Waals surface area contributed by atoms with E-state index in [0.717, 1.165) is 73.7 Å². The van der Waals surface area contributed by atoms with Gasteiger partial charge < -0.3 is 10.3 Å². The molecule has 0 aliphatic carbocycles. The van der Waals surface area contributed by atoms with Crippen molar-refractivity contribution in [2.75, 3.05) is 0 Å². The summed E-state index contributed by atoms with van der Waals surface area (Å²) in [7, 11) is 0. The van der Waals surface area contributed by atoms with Crippen LogP contribution < -0.4 is 5.32 Å². The maximum atomic E-state index is 4.69. The van der Waals surface area contributed by atoms with E-state index in [1.807, 2.05) is 43.0 Å². The highest BCUT2D eigenvalue weighted by Crippen LogP contribution is 2.35. The highest BCUT2D eigenvalue weighted by Gasteiger charge is 2.16. The van der Waals surface area contributed by atoms with Crippen LogP contribution in [-0.4, -0.2) is 30.1 Å².